The molecule has 3 heterocycles. The predicted molar refractivity (Wildman–Crippen MR) is 120 cm³/mol. The van der Waals surface area contributed by atoms with Gasteiger partial charge in [0.25, 0.3) is 10.1 Å². The van der Waals surface area contributed by atoms with Crippen molar-refractivity contribution in [1.29, 1.82) is 0 Å². The van der Waals surface area contributed by atoms with E-state index in [0.717, 1.165) is 31.1 Å². The van der Waals surface area contributed by atoms with Crippen LogP contribution in [0.1, 0.15) is 10.4 Å². The standard InChI is InChI=1S/C17H18FN3O3S.CH4O3S.ClH/c1-19-2-4-20(5-3-19)14-12(18)8-10-13-16(14)25-7-6-21(13)9-11(15(10)22)17(23)24;1-5(2,3)4;/h8-9H,2-7H2,1H3,(H,23,24);1H3,(H,2,3,4);1H. The normalized spacial score (nSPS) is 16.3. The summed E-state index contributed by atoms with van der Waals surface area (Å²) in [6, 6.07) is 1.21. The molecule has 1 aromatic heterocycles. The number of hydrogen-bond donors (Lipinski definition) is 2. The molecule has 172 valence electrons. The maximum Gasteiger partial charge on any atom is 0.341 e. The summed E-state index contributed by atoms with van der Waals surface area (Å²) in [5.41, 5.74) is 0.270. The molecule has 0 atom stereocenters. The molecule has 0 radical (unpaired) electrons. The zero-order chi connectivity index (χ0) is 22.2. The van der Waals surface area contributed by atoms with E-state index in [-0.39, 0.29) is 23.4 Å². The number of rotatable bonds is 2. The Labute approximate surface area is 189 Å². The molecule has 1 saturated heterocycles. The Morgan fingerprint density at radius 2 is 1.77 bits per heavy atom. The lowest BCUT2D eigenvalue weighted by atomic mass is 10.1. The van der Waals surface area contributed by atoms with Gasteiger partial charge in [-0.15, -0.1) is 24.2 Å². The number of hydrogen-bond acceptors (Lipinski definition) is 7. The van der Waals surface area contributed by atoms with Crippen molar-refractivity contribution in [2.45, 2.75) is 11.4 Å². The second kappa shape index (κ2) is 9.74. The smallest absolute Gasteiger partial charge is 0.341 e. The first-order valence-corrected chi connectivity index (χ1v) is 11.9. The van der Waals surface area contributed by atoms with Gasteiger partial charge in [-0.05, 0) is 13.1 Å². The minimum atomic E-state index is -3.67. The number of aryl methyl sites for hydroxylation is 1. The van der Waals surface area contributed by atoms with E-state index >= 15 is 0 Å². The fourth-order valence-electron chi connectivity index (χ4n) is 3.52. The van der Waals surface area contributed by atoms with Gasteiger partial charge in [0.05, 0.1) is 27.7 Å². The van der Waals surface area contributed by atoms with Gasteiger partial charge >= 0.3 is 5.97 Å². The van der Waals surface area contributed by atoms with Crippen LogP contribution in [0.3, 0.4) is 0 Å². The number of halogens is 2. The molecule has 0 aliphatic carbocycles. The number of carbonyl (C=O) groups is 1. The van der Waals surface area contributed by atoms with Crippen LogP contribution in [0, 0.1) is 5.82 Å². The van der Waals surface area contributed by atoms with E-state index in [0.29, 0.717) is 29.8 Å². The second-order valence-electron chi connectivity index (χ2n) is 7.17. The van der Waals surface area contributed by atoms with Crippen LogP contribution in [0.2, 0.25) is 0 Å². The molecular weight excluding hydrogens is 473 g/mol. The van der Waals surface area contributed by atoms with Crippen molar-refractivity contribution >= 4 is 56.8 Å². The number of likely N-dealkylation sites (N-methyl/N-ethyl adjacent to an activating group) is 1. The average molecular weight is 496 g/mol. The van der Waals surface area contributed by atoms with Gasteiger partial charge in [-0.25, -0.2) is 9.18 Å². The lowest BCUT2D eigenvalue weighted by Gasteiger charge is -2.36. The van der Waals surface area contributed by atoms with Crippen LogP contribution in [-0.2, 0) is 16.7 Å². The van der Waals surface area contributed by atoms with Gasteiger partial charge in [0.2, 0.25) is 5.43 Å². The van der Waals surface area contributed by atoms with Gasteiger partial charge in [-0.2, -0.15) is 8.42 Å². The van der Waals surface area contributed by atoms with E-state index in [1.165, 1.54) is 24.0 Å². The Bertz CT molecular complexity index is 1160. The fourth-order valence-corrected chi connectivity index (χ4v) is 4.74. The Hall–Kier alpha value is -1.86. The number of carboxylic acid groups (broad SMARTS) is 1. The largest absolute Gasteiger partial charge is 0.477 e. The first-order chi connectivity index (χ1) is 14.0. The number of benzene rings is 1. The number of anilines is 1. The molecule has 0 amide bonds. The summed E-state index contributed by atoms with van der Waals surface area (Å²) in [6.07, 6.45) is 2.11. The highest BCUT2D eigenvalue weighted by Gasteiger charge is 2.28. The molecule has 2 N–H and O–H groups in total. The molecule has 13 heteroatoms. The number of thioether (sulfide) groups is 1. The molecule has 2 aliphatic rings. The predicted octanol–water partition coefficient (Wildman–Crippen LogP) is 1.62. The quantitative estimate of drug-likeness (QED) is 0.598. The minimum Gasteiger partial charge on any atom is -0.477 e. The highest BCUT2D eigenvalue weighted by Crippen LogP contribution is 2.41. The molecule has 9 nitrogen and oxygen atoms in total. The molecule has 2 aromatic rings. The molecule has 0 saturated carbocycles. The summed E-state index contributed by atoms with van der Waals surface area (Å²) in [5, 5.41) is 9.41. The summed E-state index contributed by atoms with van der Waals surface area (Å²) >= 11 is 1.54. The SMILES string of the molecule is CN1CCN(c2c(F)cc3c(=O)c(C(=O)O)cn4c3c2SCC4)CC1.CS(=O)(=O)O.Cl. The number of aromatic nitrogens is 1. The van der Waals surface area contributed by atoms with Crippen molar-refractivity contribution in [3.63, 3.8) is 0 Å². The van der Waals surface area contributed by atoms with Crippen molar-refractivity contribution in [2.75, 3.05) is 50.1 Å². The molecule has 0 bridgehead atoms. The zero-order valence-electron chi connectivity index (χ0n) is 16.9. The number of pyridine rings is 1. The first-order valence-electron chi connectivity index (χ1n) is 9.09. The number of nitrogens with zero attached hydrogens (tertiary/aromatic N) is 3. The topological polar surface area (TPSA) is 120 Å². The van der Waals surface area contributed by atoms with E-state index < -0.39 is 27.3 Å². The zero-order valence-corrected chi connectivity index (χ0v) is 19.3. The summed E-state index contributed by atoms with van der Waals surface area (Å²) in [6.45, 7) is 3.76. The maximum atomic E-state index is 15.0. The summed E-state index contributed by atoms with van der Waals surface area (Å²) < 4.78 is 42.6. The third kappa shape index (κ3) is 5.69. The van der Waals surface area contributed by atoms with Crippen LogP contribution in [0.5, 0.6) is 0 Å². The van der Waals surface area contributed by atoms with Crippen molar-refractivity contribution in [3.05, 3.63) is 33.9 Å². The minimum absolute atomic E-state index is 0. The van der Waals surface area contributed by atoms with Crippen molar-refractivity contribution in [2.24, 2.45) is 0 Å². The molecular formula is C18H23ClFN3O6S2. The van der Waals surface area contributed by atoms with Gasteiger partial charge in [-0.3, -0.25) is 9.35 Å². The summed E-state index contributed by atoms with van der Waals surface area (Å²) in [4.78, 5) is 28.8. The summed E-state index contributed by atoms with van der Waals surface area (Å²) in [5.74, 6) is -1.01. The van der Waals surface area contributed by atoms with Gasteiger partial charge in [0.1, 0.15) is 11.4 Å². The Morgan fingerprint density at radius 1 is 1.19 bits per heavy atom. The third-order valence-electron chi connectivity index (χ3n) is 4.87. The van der Waals surface area contributed by atoms with E-state index in [2.05, 4.69) is 4.90 Å². The first kappa shape index (κ1) is 25.4. The van der Waals surface area contributed by atoms with E-state index in [1.54, 1.807) is 4.57 Å². The molecule has 0 spiro atoms. The van der Waals surface area contributed by atoms with Crippen molar-refractivity contribution in [3.8, 4) is 0 Å². The highest BCUT2D eigenvalue weighted by atomic mass is 35.5. The summed E-state index contributed by atoms with van der Waals surface area (Å²) in [7, 11) is -1.63. The molecule has 0 unspecified atom stereocenters. The van der Waals surface area contributed by atoms with Crippen LogP contribution in [0.4, 0.5) is 10.1 Å². The van der Waals surface area contributed by atoms with E-state index in [1.807, 2.05) is 11.9 Å². The third-order valence-corrected chi connectivity index (χ3v) is 5.93. The fraction of sp³-hybridized carbons (Fsp3) is 0.444. The second-order valence-corrected chi connectivity index (χ2v) is 9.75. The van der Waals surface area contributed by atoms with Gasteiger partial charge in [-0.1, -0.05) is 0 Å². The van der Waals surface area contributed by atoms with Crippen LogP contribution in [0.15, 0.2) is 22.0 Å². The molecule has 2 aliphatic heterocycles. The van der Waals surface area contributed by atoms with Crippen molar-refractivity contribution < 1.29 is 27.3 Å². The molecule has 1 aromatic carbocycles. The van der Waals surface area contributed by atoms with E-state index in [9.17, 15) is 27.5 Å². The van der Waals surface area contributed by atoms with E-state index in [4.69, 9.17) is 4.55 Å². The van der Waals surface area contributed by atoms with Crippen LogP contribution in [0.25, 0.3) is 10.9 Å². The van der Waals surface area contributed by atoms with Crippen LogP contribution in [-0.4, -0.2) is 78.7 Å². The number of carboxylic acids is 1. The monoisotopic (exact) mass is 495 g/mol. The molecule has 31 heavy (non-hydrogen) atoms. The molecule has 4 rings (SSSR count). The Balaban J connectivity index is 0.000000514. The number of aromatic carboxylic acids is 1. The number of piperazine rings is 1. The van der Waals surface area contributed by atoms with Crippen LogP contribution >= 0.6 is 24.2 Å². The Morgan fingerprint density at radius 3 is 2.32 bits per heavy atom. The van der Waals surface area contributed by atoms with Crippen LogP contribution < -0.4 is 10.3 Å². The maximum absolute atomic E-state index is 15.0. The van der Waals surface area contributed by atoms with Gasteiger partial charge in [0, 0.05) is 44.7 Å². The lowest BCUT2D eigenvalue weighted by molar-refractivity contribution is 0.0694. The Kier molecular flexibility index (Phi) is 7.98. The molecule has 1 fully saturated rings. The van der Waals surface area contributed by atoms with Gasteiger partial charge < -0.3 is 19.5 Å². The van der Waals surface area contributed by atoms with Gasteiger partial charge in [0.15, 0.2) is 0 Å². The lowest BCUT2D eigenvalue weighted by Crippen LogP contribution is -2.45. The highest BCUT2D eigenvalue weighted by molar-refractivity contribution is 7.99. The van der Waals surface area contributed by atoms with Crippen molar-refractivity contribution in [1.82, 2.24) is 9.47 Å². The average Bonchev–Trinajstić information content (AvgIpc) is 2.64.